The number of ether oxygens (including phenoxy) is 1. The number of nitrogens with zero attached hydrogens (tertiary/aromatic N) is 2. The van der Waals surface area contributed by atoms with Crippen LogP contribution in [0.3, 0.4) is 0 Å². The quantitative estimate of drug-likeness (QED) is 0.534. The number of carbonyl (C=O) groups excluding carboxylic acids is 1. The Morgan fingerprint density at radius 3 is 2.69 bits per heavy atom. The lowest BCUT2D eigenvalue weighted by molar-refractivity contribution is -0.136. The minimum Gasteiger partial charge on any atom is -0.491 e. The molecule has 176 valence electrons. The Morgan fingerprint density at radius 1 is 1.25 bits per heavy atom. The molecule has 0 saturated carbocycles. The summed E-state index contributed by atoms with van der Waals surface area (Å²) in [5.74, 6) is 0.795. The van der Waals surface area contributed by atoms with Crippen molar-refractivity contribution in [2.75, 3.05) is 32.8 Å². The van der Waals surface area contributed by atoms with Crippen LogP contribution in [-0.4, -0.2) is 59.7 Å². The van der Waals surface area contributed by atoms with Gasteiger partial charge in [0.2, 0.25) is 5.91 Å². The molecular formula is C25H35FN2O3S. The van der Waals surface area contributed by atoms with E-state index in [0.29, 0.717) is 37.8 Å². The molecule has 0 aliphatic carbocycles. The van der Waals surface area contributed by atoms with Crippen molar-refractivity contribution in [3.05, 3.63) is 52.0 Å². The molecule has 1 aromatic heterocycles. The van der Waals surface area contributed by atoms with E-state index in [1.807, 2.05) is 11.8 Å². The Kier molecular flexibility index (Phi) is 9.08. The maximum absolute atomic E-state index is 13.4. The number of aliphatic hydroxyl groups excluding tert-OH is 1. The highest BCUT2D eigenvalue weighted by Gasteiger charge is 2.33. The Hall–Kier alpha value is -1.96. The summed E-state index contributed by atoms with van der Waals surface area (Å²) in [7, 11) is 0. The lowest BCUT2D eigenvalue weighted by Gasteiger charge is -2.37. The third kappa shape index (κ3) is 6.53. The molecule has 1 N–H and O–H groups in total. The third-order valence-electron chi connectivity index (χ3n) is 6.20. The van der Waals surface area contributed by atoms with Gasteiger partial charge in [0.15, 0.2) is 0 Å². The van der Waals surface area contributed by atoms with Gasteiger partial charge < -0.3 is 14.7 Å². The molecule has 1 aliphatic heterocycles. The van der Waals surface area contributed by atoms with Crippen molar-refractivity contribution in [1.29, 1.82) is 0 Å². The van der Waals surface area contributed by atoms with E-state index < -0.39 is 6.10 Å². The first-order valence-corrected chi connectivity index (χ1v) is 12.4. The van der Waals surface area contributed by atoms with E-state index in [1.165, 1.54) is 17.0 Å². The Balaban J connectivity index is 1.73. The number of amides is 1. The fraction of sp³-hybridized carbons (Fsp3) is 0.560. The van der Waals surface area contributed by atoms with Crippen LogP contribution in [0.15, 0.2) is 35.7 Å². The Morgan fingerprint density at radius 2 is 2.00 bits per heavy atom. The van der Waals surface area contributed by atoms with E-state index in [-0.39, 0.29) is 24.3 Å². The van der Waals surface area contributed by atoms with Crippen LogP contribution >= 0.6 is 11.3 Å². The van der Waals surface area contributed by atoms with Crippen molar-refractivity contribution in [1.82, 2.24) is 9.80 Å². The second-order valence-electron chi connectivity index (χ2n) is 8.69. The highest BCUT2D eigenvalue weighted by molar-refractivity contribution is 7.10. The number of benzene rings is 1. The second kappa shape index (κ2) is 11.8. The molecule has 2 heterocycles. The second-order valence-corrected chi connectivity index (χ2v) is 9.69. The van der Waals surface area contributed by atoms with Crippen LogP contribution in [0.25, 0.3) is 0 Å². The maximum Gasteiger partial charge on any atom is 0.237 e. The molecule has 7 heteroatoms. The highest BCUT2D eigenvalue weighted by atomic mass is 32.1. The van der Waals surface area contributed by atoms with Crippen LogP contribution < -0.4 is 4.74 Å². The van der Waals surface area contributed by atoms with Crippen molar-refractivity contribution < 1.29 is 19.0 Å². The summed E-state index contributed by atoms with van der Waals surface area (Å²) in [5.41, 5.74) is 1.14. The summed E-state index contributed by atoms with van der Waals surface area (Å²) in [5, 5.41) is 12.3. The highest BCUT2D eigenvalue weighted by Crippen LogP contribution is 2.34. The summed E-state index contributed by atoms with van der Waals surface area (Å²) in [4.78, 5) is 18.7. The Bertz CT molecular complexity index is 845. The number of aliphatic hydroxyl groups is 1. The lowest BCUT2D eigenvalue weighted by Crippen LogP contribution is -2.48. The van der Waals surface area contributed by atoms with Crippen LogP contribution in [0.1, 0.15) is 50.1 Å². The van der Waals surface area contributed by atoms with Gasteiger partial charge >= 0.3 is 0 Å². The molecule has 0 fully saturated rings. The van der Waals surface area contributed by atoms with Gasteiger partial charge in [-0.15, -0.1) is 11.3 Å². The number of hydrogen-bond donors (Lipinski definition) is 1. The number of halogens is 1. The summed E-state index contributed by atoms with van der Waals surface area (Å²) in [6.07, 6.45) is 2.10. The largest absolute Gasteiger partial charge is 0.491 e. The van der Waals surface area contributed by atoms with Crippen LogP contribution in [-0.2, 0) is 11.2 Å². The van der Waals surface area contributed by atoms with Gasteiger partial charge in [0.1, 0.15) is 18.2 Å². The zero-order valence-corrected chi connectivity index (χ0v) is 20.1. The van der Waals surface area contributed by atoms with Gasteiger partial charge in [0.05, 0.1) is 18.7 Å². The monoisotopic (exact) mass is 462 g/mol. The van der Waals surface area contributed by atoms with Crippen LogP contribution in [0.2, 0.25) is 0 Å². The fourth-order valence-electron chi connectivity index (χ4n) is 4.06. The smallest absolute Gasteiger partial charge is 0.237 e. The first-order chi connectivity index (χ1) is 15.4. The standard InChI is InChI=1S/C25H35FN2O3S/c1-4-18(3)14-27(15-20(29)5-2)16-25(30)28-12-10-24-22(11-13-32-24)23(28)17-31-21-8-6-19(26)7-9-21/h6-9,11,13,18,20,23,29H,4-5,10,12,14-17H2,1-3H3/t18-,20-,23+/m0/s1. The number of thiophene rings is 1. The van der Waals surface area contributed by atoms with Crippen molar-refractivity contribution in [2.45, 2.75) is 52.2 Å². The van der Waals surface area contributed by atoms with E-state index >= 15 is 0 Å². The van der Waals surface area contributed by atoms with E-state index in [2.05, 4.69) is 30.2 Å². The predicted octanol–water partition coefficient (Wildman–Crippen LogP) is 4.51. The summed E-state index contributed by atoms with van der Waals surface area (Å²) in [6, 6.07) is 7.87. The molecule has 0 bridgehead atoms. The molecule has 0 spiro atoms. The first-order valence-electron chi connectivity index (χ1n) is 11.6. The van der Waals surface area contributed by atoms with E-state index in [4.69, 9.17) is 4.74 Å². The van der Waals surface area contributed by atoms with Crippen molar-refractivity contribution in [3.63, 3.8) is 0 Å². The fourth-order valence-corrected chi connectivity index (χ4v) is 4.99. The van der Waals surface area contributed by atoms with Crippen molar-refractivity contribution in [3.8, 4) is 5.75 Å². The molecule has 1 aliphatic rings. The predicted molar refractivity (Wildman–Crippen MR) is 127 cm³/mol. The molecule has 5 nitrogen and oxygen atoms in total. The maximum atomic E-state index is 13.4. The number of rotatable bonds is 11. The van der Waals surface area contributed by atoms with Gasteiger partial charge in [-0.2, -0.15) is 0 Å². The van der Waals surface area contributed by atoms with E-state index in [1.54, 1.807) is 23.5 Å². The van der Waals surface area contributed by atoms with Gasteiger partial charge in [0.25, 0.3) is 0 Å². The van der Waals surface area contributed by atoms with Crippen LogP contribution in [0.4, 0.5) is 4.39 Å². The minimum absolute atomic E-state index is 0.0566. The molecule has 0 radical (unpaired) electrons. The van der Waals surface area contributed by atoms with Gasteiger partial charge in [-0.3, -0.25) is 9.69 Å². The molecule has 0 saturated heterocycles. The van der Waals surface area contributed by atoms with Gasteiger partial charge in [-0.05, 0) is 60.0 Å². The molecular weight excluding hydrogens is 427 g/mol. The molecule has 32 heavy (non-hydrogen) atoms. The molecule has 3 atom stereocenters. The molecule has 3 rings (SSSR count). The van der Waals surface area contributed by atoms with Crippen molar-refractivity contribution in [2.24, 2.45) is 5.92 Å². The van der Waals surface area contributed by atoms with E-state index in [9.17, 15) is 14.3 Å². The van der Waals surface area contributed by atoms with Gasteiger partial charge in [0, 0.05) is 24.5 Å². The summed E-state index contributed by atoms with van der Waals surface area (Å²) in [6.45, 7) is 8.82. The first kappa shape index (κ1) is 24.7. The lowest BCUT2D eigenvalue weighted by atomic mass is 10.00. The Labute approximate surface area is 194 Å². The molecule has 1 amide bonds. The normalized spacial score (nSPS) is 17.8. The topological polar surface area (TPSA) is 53.0 Å². The molecule has 0 unspecified atom stereocenters. The SMILES string of the molecule is CC[C@H](C)CN(CC(=O)N1CCc2sccc2[C@H]1COc1ccc(F)cc1)C[C@@H](O)CC. The third-order valence-corrected chi connectivity index (χ3v) is 7.20. The van der Waals surface area contributed by atoms with Crippen molar-refractivity contribution >= 4 is 17.2 Å². The number of fused-ring (bicyclic) bond motifs is 1. The van der Waals surface area contributed by atoms with E-state index in [0.717, 1.165) is 24.9 Å². The molecule has 2 aromatic rings. The summed E-state index contributed by atoms with van der Waals surface area (Å²) >= 11 is 1.72. The summed E-state index contributed by atoms with van der Waals surface area (Å²) < 4.78 is 19.2. The van der Waals surface area contributed by atoms with Crippen LogP contribution in [0, 0.1) is 11.7 Å². The number of hydrogen-bond acceptors (Lipinski definition) is 5. The zero-order chi connectivity index (χ0) is 23.1. The number of carbonyl (C=O) groups is 1. The van der Waals surface area contributed by atoms with Gasteiger partial charge in [-0.1, -0.05) is 27.2 Å². The average molecular weight is 463 g/mol. The minimum atomic E-state index is -0.436. The van der Waals surface area contributed by atoms with Crippen LogP contribution in [0.5, 0.6) is 5.75 Å². The zero-order valence-electron chi connectivity index (χ0n) is 19.3. The van der Waals surface area contributed by atoms with Gasteiger partial charge in [-0.25, -0.2) is 4.39 Å². The molecule has 1 aromatic carbocycles. The average Bonchev–Trinajstić information content (AvgIpc) is 3.27.